The molecule has 0 aliphatic carbocycles. The zero-order valence-corrected chi connectivity index (χ0v) is 12.0. The number of carboxylic acids is 1. The zero-order valence-electron chi connectivity index (χ0n) is 12.0. The van der Waals surface area contributed by atoms with Crippen LogP contribution in [0.3, 0.4) is 0 Å². The average Bonchev–Trinajstić information content (AvgIpc) is 2.38. The fourth-order valence-electron chi connectivity index (χ4n) is 1.80. The predicted octanol–water partition coefficient (Wildman–Crippen LogP) is 3.38. The summed E-state index contributed by atoms with van der Waals surface area (Å²) in [5, 5.41) is 8.63. The first-order valence-electron chi connectivity index (χ1n) is 6.63. The van der Waals surface area contributed by atoms with Crippen LogP contribution in [0.1, 0.15) is 45.2 Å². The number of hydrogen-bond acceptors (Lipinski definition) is 3. The van der Waals surface area contributed by atoms with Crippen molar-refractivity contribution in [3.63, 3.8) is 0 Å². The van der Waals surface area contributed by atoms with Crippen LogP contribution in [0.25, 0.3) is 0 Å². The molecule has 0 radical (unpaired) electrons. The van der Waals surface area contributed by atoms with Gasteiger partial charge in [0.1, 0.15) is 5.75 Å². The largest absolute Gasteiger partial charge is 0.481 e. The summed E-state index contributed by atoms with van der Waals surface area (Å²) in [6.07, 6.45) is 0.679. The van der Waals surface area contributed by atoms with Crippen molar-refractivity contribution in [3.05, 3.63) is 29.3 Å². The highest BCUT2D eigenvalue weighted by atomic mass is 16.7. The molecule has 19 heavy (non-hydrogen) atoms. The van der Waals surface area contributed by atoms with Gasteiger partial charge in [-0.15, -0.1) is 0 Å². The molecule has 0 unspecified atom stereocenters. The van der Waals surface area contributed by atoms with E-state index in [4.69, 9.17) is 14.6 Å². The van der Waals surface area contributed by atoms with Crippen molar-refractivity contribution in [3.8, 4) is 5.75 Å². The van der Waals surface area contributed by atoms with Gasteiger partial charge < -0.3 is 14.6 Å². The van der Waals surface area contributed by atoms with E-state index >= 15 is 0 Å². The SMILES string of the molecule is CC.CC1(C)OCc2cc(CCC(=O)O)ccc2O1. The van der Waals surface area contributed by atoms with Crippen LogP contribution in [-0.2, 0) is 22.6 Å². The molecule has 0 saturated heterocycles. The summed E-state index contributed by atoms with van der Waals surface area (Å²) in [6, 6.07) is 5.74. The van der Waals surface area contributed by atoms with Gasteiger partial charge in [0.25, 0.3) is 0 Å². The lowest BCUT2D eigenvalue weighted by Gasteiger charge is -2.32. The molecule has 2 rings (SSSR count). The van der Waals surface area contributed by atoms with Crippen molar-refractivity contribution >= 4 is 5.97 Å². The van der Waals surface area contributed by atoms with Crippen LogP contribution >= 0.6 is 0 Å². The second-order valence-corrected chi connectivity index (χ2v) is 4.63. The summed E-state index contributed by atoms with van der Waals surface area (Å²) in [6.45, 7) is 8.24. The third-order valence-corrected chi connectivity index (χ3v) is 2.68. The highest BCUT2D eigenvalue weighted by molar-refractivity contribution is 5.67. The summed E-state index contributed by atoms with van der Waals surface area (Å²) in [5.41, 5.74) is 1.98. The van der Waals surface area contributed by atoms with Crippen LogP contribution in [0.4, 0.5) is 0 Å². The molecule has 1 aliphatic rings. The normalized spacial score (nSPS) is 15.6. The fraction of sp³-hybridized carbons (Fsp3) is 0.533. The van der Waals surface area contributed by atoms with Gasteiger partial charge in [-0.05, 0) is 24.1 Å². The van der Waals surface area contributed by atoms with Crippen LogP contribution in [0.15, 0.2) is 18.2 Å². The molecule has 1 N–H and O–H groups in total. The minimum absolute atomic E-state index is 0.145. The topological polar surface area (TPSA) is 55.8 Å². The van der Waals surface area contributed by atoms with E-state index in [0.29, 0.717) is 13.0 Å². The summed E-state index contributed by atoms with van der Waals surface area (Å²) in [7, 11) is 0. The Morgan fingerprint density at radius 1 is 1.37 bits per heavy atom. The van der Waals surface area contributed by atoms with Crippen molar-refractivity contribution in [2.45, 2.75) is 52.9 Å². The molecule has 1 aromatic carbocycles. The summed E-state index contributed by atoms with van der Waals surface area (Å²) < 4.78 is 11.2. The van der Waals surface area contributed by atoms with E-state index in [9.17, 15) is 4.79 Å². The van der Waals surface area contributed by atoms with E-state index in [1.54, 1.807) is 0 Å². The monoisotopic (exact) mass is 266 g/mol. The first-order valence-corrected chi connectivity index (χ1v) is 6.63. The maximum Gasteiger partial charge on any atom is 0.303 e. The minimum atomic E-state index is -0.781. The highest BCUT2D eigenvalue weighted by Crippen LogP contribution is 2.31. The van der Waals surface area contributed by atoms with Crippen molar-refractivity contribution in [1.82, 2.24) is 0 Å². The molecule has 0 amide bonds. The number of ether oxygens (including phenoxy) is 2. The van der Waals surface area contributed by atoms with Crippen LogP contribution < -0.4 is 4.74 Å². The average molecular weight is 266 g/mol. The first kappa shape index (κ1) is 15.5. The van der Waals surface area contributed by atoms with Crippen molar-refractivity contribution in [2.24, 2.45) is 0 Å². The number of fused-ring (bicyclic) bond motifs is 1. The molecule has 0 aromatic heterocycles. The van der Waals surface area contributed by atoms with Gasteiger partial charge in [0, 0.05) is 25.8 Å². The molecule has 1 aromatic rings. The molecule has 4 heteroatoms. The van der Waals surface area contributed by atoms with Gasteiger partial charge in [-0.3, -0.25) is 4.79 Å². The van der Waals surface area contributed by atoms with Crippen LogP contribution in [0.5, 0.6) is 5.75 Å². The van der Waals surface area contributed by atoms with Gasteiger partial charge in [0.05, 0.1) is 6.61 Å². The fourth-order valence-corrected chi connectivity index (χ4v) is 1.80. The van der Waals surface area contributed by atoms with E-state index < -0.39 is 11.8 Å². The molecule has 106 valence electrons. The third-order valence-electron chi connectivity index (χ3n) is 2.68. The molecule has 1 heterocycles. The molecular weight excluding hydrogens is 244 g/mol. The molecule has 0 fully saturated rings. The summed E-state index contributed by atoms with van der Waals surface area (Å²) in [5.74, 6) is -0.549. The van der Waals surface area contributed by atoms with E-state index in [2.05, 4.69) is 0 Å². The lowest BCUT2D eigenvalue weighted by atomic mass is 10.0. The van der Waals surface area contributed by atoms with Gasteiger partial charge in [0.15, 0.2) is 0 Å². The van der Waals surface area contributed by atoms with E-state index in [1.807, 2.05) is 45.9 Å². The molecule has 0 bridgehead atoms. The Bertz CT molecular complexity index is 438. The van der Waals surface area contributed by atoms with Gasteiger partial charge in [-0.1, -0.05) is 19.9 Å². The van der Waals surface area contributed by atoms with E-state index in [0.717, 1.165) is 16.9 Å². The predicted molar refractivity (Wildman–Crippen MR) is 73.2 cm³/mol. The van der Waals surface area contributed by atoms with Gasteiger partial charge in [-0.25, -0.2) is 0 Å². The number of carbonyl (C=O) groups is 1. The molecule has 0 atom stereocenters. The van der Waals surface area contributed by atoms with Crippen molar-refractivity contribution in [1.29, 1.82) is 0 Å². The highest BCUT2D eigenvalue weighted by Gasteiger charge is 2.27. The number of aryl methyl sites for hydroxylation is 1. The molecule has 1 aliphatic heterocycles. The minimum Gasteiger partial charge on any atom is -0.481 e. The second kappa shape index (κ2) is 6.57. The number of hydrogen-bond donors (Lipinski definition) is 1. The van der Waals surface area contributed by atoms with Gasteiger partial charge in [0.2, 0.25) is 5.79 Å². The maximum atomic E-state index is 10.5. The van der Waals surface area contributed by atoms with Crippen LogP contribution in [0.2, 0.25) is 0 Å². The first-order chi connectivity index (χ1) is 8.96. The van der Waals surface area contributed by atoms with Crippen molar-refractivity contribution in [2.75, 3.05) is 0 Å². The Morgan fingerprint density at radius 2 is 2.05 bits per heavy atom. The Morgan fingerprint density at radius 3 is 2.68 bits per heavy atom. The lowest BCUT2D eigenvalue weighted by molar-refractivity contribution is -0.180. The molecule has 0 spiro atoms. The smallest absolute Gasteiger partial charge is 0.303 e. The molecule has 4 nitrogen and oxygen atoms in total. The van der Waals surface area contributed by atoms with Crippen LogP contribution in [-0.4, -0.2) is 16.9 Å². The third kappa shape index (κ3) is 4.56. The zero-order chi connectivity index (χ0) is 14.5. The summed E-state index contributed by atoms with van der Waals surface area (Å²) in [4.78, 5) is 10.5. The number of rotatable bonds is 3. The van der Waals surface area contributed by atoms with Gasteiger partial charge in [-0.2, -0.15) is 0 Å². The maximum absolute atomic E-state index is 10.5. The Hall–Kier alpha value is -1.55. The second-order valence-electron chi connectivity index (χ2n) is 4.63. The van der Waals surface area contributed by atoms with Crippen molar-refractivity contribution < 1.29 is 19.4 Å². The van der Waals surface area contributed by atoms with Crippen LogP contribution in [0, 0.1) is 0 Å². The van der Waals surface area contributed by atoms with Gasteiger partial charge >= 0.3 is 5.97 Å². The molecular formula is C15H22O4. The Labute approximate surface area is 114 Å². The Kier molecular flexibility index (Phi) is 5.36. The standard InChI is InChI=1S/C13H16O4.C2H6/c1-13(2)16-8-10-7-9(4-6-12(14)15)3-5-11(10)17-13;1-2/h3,5,7H,4,6,8H2,1-2H3,(H,14,15);1-2H3. The van der Waals surface area contributed by atoms with E-state index in [1.165, 1.54) is 0 Å². The number of carboxylic acid groups (broad SMARTS) is 1. The number of benzene rings is 1. The van der Waals surface area contributed by atoms with E-state index in [-0.39, 0.29) is 6.42 Å². The quantitative estimate of drug-likeness (QED) is 0.911. The number of aliphatic carboxylic acids is 1. The summed E-state index contributed by atoms with van der Waals surface area (Å²) >= 11 is 0. The Balaban J connectivity index is 0.000000861. The molecule has 0 saturated carbocycles. The lowest BCUT2D eigenvalue weighted by Crippen LogP contribution is -2.35.